The number of unbranched alkanes of at least 4 members (excludes halogenated alkanes) is 20. The molecule has 10 heteroatoms. The Labute approximate surface area is 300 Å². The summed E-state index contributed by atoms with van der Waals surface area (Å²) in [6, 6.07) is 0. The van der Waals surface area contributed by atoms with Gasteiger partial charge in [-0.05, 0) is 44.9 Å². The van der Waals surface area contributed by atoms with Crippen LogP contribution in [0.25, 0.3) is 0 Å². The van der Waals surface area contributed by atoms with Gasteiger partial charge in [0.1, 0.15) is 6.61 Å². The highest BCUT2D eigenvalue weighted by atomic mass is 31.2. The first-order valence-electron chi connectivity index (χ1n) is 19.8. The minimum atomic E-state index is -4.37. The van der Waals surface area contributed by atoms with Crippen molar-refractivity contribution in [3.05, 3.63) is 24.3 Å². The number of nitrogens with two attached hydrogens (primary N) is 1. The van der Waals surface area contributed by atoms with Crippen LogP contribution in [0.4, 0.5) is 0 Å². The van der Waals surface area contributed by atoms with Gasteiger partial charge in [-0.2, -0.15) is 0 Å². The summed E-state index contributed by atoms with van der Waals surface area (Å²) in [5.74, 6) is -0.841. The smallest absolute Gasteiger partial charge is 0.462 e. The third-order valence-corrected chi connectivity index (χ3v) is 9.32. The van der Waals surface area contributed by atoms with E-state index in [0.717, 1.165) is 57.8 Å². The second-order valence-electron chi connectivity index (χ2n) is 13.2. The lowest BCUT2D eigenvalue weighted by molar-refractivity contribution is -0.161. The van der Waals surface area contributed by atoms with Crippen molar-refractivity contribution in [3.63, 3.8) is 0 Å². The van der Waals surface area contributed by atoms with Gasteiger partial charge < -0.3 is 20.1 Å². The molecule has 0 bridgehead atoms. The fourth-order valence-corrected chi connectivity index (χ4v) is 6.13. The molecular formula is C39H74NO8P. The number of ether oxygens (including phenoxy) is 2. The van der Waals surface area contributed by atoms with Crippen molar-refractivity contribution >= 4 is 19.8 Å². The van der Waals surface area contributed by atoms with Crippen LogP contribution in [0.2, 0.25) is 0 Å². The first-order chi connectivity index (χ1) is 23.8. The molecule has 1 unspecified atom stereocenters. The molecule has 2 atom stereocenters. The van der Waals surface area contributed by atoms with Crippen LogP contribution < -0.4 is 5.73 Å². The zero-order chi connectivity index (χ0) is 36.1. The van der Waals surface area contributed by atoms with Crippen LogP contribution in [0, 0.1) is 0 Å². The Morgan fingerprint density at radius 3 is 1.59 bits per heavy atom. The third kappa shape index (κ3) is 36.1. The maximum atomic E-state index is 12.5. The summed E-state index contributed by atoms with van der Waals surface area (Å²) in [7, 11) is -4.37. The van der Waals surface area contributed by atoms with Gasteiger partial charge in [0.05, 0.1) is 13.2 Å². The third-order valence-electron chi connectivity index (χ3n) is 8.34. The fraction of sp³-hybridized carbons (Fsp3) is 0.846. The molecule has 0 saturated carbocycles. The molecule has 0 fully saturated rings. The molecule has 0 spiro atoms. The maximum Gasteiger partial charge on any atom is 0.472 e. The molecule has 0 aliphatic heterocycles. The highest BCUT2D eigenvalue weighted by molar-refractivity contribution is 7.47. The summed E-state index contributed by atoms with van der Waals surface area (Å²) in [5, 5.41) is 0. The van der Waals surface area contributed by atoms with E-state index in [9.17, 15) is 19.0 Å². The van der Waals surface area contributed by atoms with Crippen LogP contribution in [-0.4, -0.2) is 49.3 Å². The number of rotatable bonds is 37. The maximum absolute atomic E-state index is 12.5. The number of carbonyl (C=O) groups is 2. The Morgan fingerprint density at radius 1 is 0.612 bits per heavy atom. The lowest BCUT2D eigenvalue weighted by Gasteiger charge is -2.19. The topological polar surface area (TPSA) is 134 Å². The first-order valence-corrected chi connectivity index (χ1v) is 21.3. The highest BCUT2D eigenvalue weighted by Gasteiger charge is 2.25. The van der Waals surface area contributed by atoms with Crippen LogP contribution in [0.3, 0.4) is 0 Å². The molecule has 0 aromatic carbocycles. The van der Waals surface area contributed by atoms with Crippen LogP contribution >= 0.6 is 7.82 Å². The van der Waals surface area contributed by atoms with Gasteiger partial charge in [0.15, 0.2) is 6.10 Å². The predicted molar refractivity (Wildman–Crippen MR) is 201 cm³/mol. The van der Waals surface area contributed by atoms with E-state index in [0.29, 0.717) is 6.42 Å². The number of phosphoric acid groups is 1. The molecule has 9 nitrogen and oxygen atoms in total. The first kappa shape index (κ1) is 47.5. The van der Waals surface area contributed by atoms with Crippen molar-refractivity contribution in [3.8, 4) is 0 Å². The van der Waals surface area contributed by atoms with E-state index in [1.807, 2.05) is 0 Å². The average Bonchev–Trinajstić information content (AvgIpc) is 3.08. The van der Waals surface area contributed by atoms with Crippen molar-refractivity contribution in [2.45, 2.75) is 187 Å². The highest BCUT2D eigenvalue weighted by Crippen LogP contribution is 2.43. The summed E-state index contributed by atoms with van der Waals surface area (Å²) < 4.78 is 32.7. The van der Waals surface area contributed by atoms with Crippen molar-refractivity contribution < 1.29 is 37.6 Å². The standard InChI is InChI=1S/C39H74NO8P/c1-3-5-7-9-11-13-15-17-18-20-22-24-26-28-30-32-39(42)48-37(36-47-49(43,44)46-34-33-40)35-45-38(41)31-29-27-25-23-21-19-16-14-12-10-8-6-4-2/h11,13,17-18,37H,3-10,12,14-16,19-36,40H2,1-2H3,(H,43,44)/b13-11-,18-17-/t37-/m0/s1. The molecule has 0 aliphatic carbocycles. The van der Waals surface area contributed by atoms with E-state index in [2.05, 4.69) is 38.2 Å². The van der Waals surface area contributed by atoms with Gasteiger partial charge in [-0.25, -0.2) is 4.57 Å². The Hall–Kier alpha value is -1.51. The lowest BCUT2D eigenvalue weighted by Crippen LogP contribution is -2.29. The second kappa shape index (κ2) is 36.3. The predicted octanol–water partition coefficient (Wildman–Crippen LogP) is 10.8. The van der Waals surface area contributed by atoms with E-state index >= 15 is 0 Å². The van der Waals surface area contributed by atoms with Crippen molar-refractivity contribution in [1.29, 1.82) is 0 Å². The Bertz CT molecular complexity index is 866. The minimum absolute atomic E-state index is 0.0523. The molecular weight excluding hydrogens is 641 g/mol. The van der Waals surface area contributed by atoms with Crippen molar-refractivity contribution in [1.82, 2.24) is 0 Å². The van der Waals surface area contributed by atoms with E-state index in [1.165, 1.54) is 89.9 Å². The van der Waals surface area contributed by atoms with E-state index in [4.69, 9.17) is 24.3 Å². The number of esters is 2. The zero-order valence-electron chi connectivity index (χ0n) is 31.4. The molecule has 288 valence electrons. The zero-order valence-corrected chi connectivity index (χ0v) is 32.3. The van der Waals surface area contributed by atoms with Gasteiger partial charge in [-0.1, -0.05) is 147 Å². The molecule has 0 heterocycles. The van der Waals surface area contributed by atoms with Crippen LogP contribution in [0.5, 0.6) is 0 Å². The summed E-state index contributed by atoms with van der Waals surface area (Å²) in [5.41, 5.74) is 5.33. The van der Waals surface area contributed by atoms with Gasteiger partial charge in [-0.3, -0.25) is 18.6 Å². The normalized spacial score (nSPS) is 13.6. The molecule has 0 saturated heterocycles. The largest absolute Gasteiger partial charge is 0.472 e. The quantitative estimate of drug-likeness (QED) is 0.0279. The molecule has 0 radical (unpaired) electrons. The molecule has 49 heavy (non-hydrogen) atoms. The SMILES string of the molecule is CCCCC/C=C\C/C=C\CCCCCCCC(=O)O[C@@H](COC(=O)CCCCCCCCCCCCCCC)COP(=O)(O)OCCN. The van der Waals surface area contributed by atoms with Crippen LogP contribution in [0.15, 0.2) is 24.3 Å². The van der Waals surface area contributed by atoms with Gasteiger partial charge in [0.2, 0.25) is 0 Å². The summed E-state index contributed by atoms with van der Waals surface area (Å²) in [6.07, 6.45) is 36.3. The van der Waals surface area contributed by atoms with Crippen LogP contribution in [-0.2, 0) is 32.7 Å². The number of carbonyl (C=O) groups excluding carboxylic acids is 2. The average molecular weight is 716 g/mol. The fourth-order valence-electron chi connectivity index (χ4n) is 5.37. The van der Waals surface area contributed by atoms with E-state index < -0.39 is 26.5 Å². The van der Waals surface area contributed by atoms with E-state index in [1.54, 1.807) is 0 Å². The lowest BCUT2D eigenvalue weighted by atomic mass is 10.0. The number of hydrogen-bond acceptors (Lipinski definition) is 8. The van der Waals surface area contributed by atoms with E-state index in [-0.39, 0.29) is 38.6 Å². The summed E-state index contributed by atoms with van der Waals surface area (Å²) in [6.45, 7) is 3.69. The van der Waals surface area contributed by atoms with Crippen molar-refractivity contribution in [2.75, 3.05) is 26.4 Å². The monoisotopic (exact) mass is 716 g/mol. The molecule has 0 amide bonds. The number of allylic oxidation sites excluding steroid dienone is 4. The Kier molecular flexibility index (Phi) is 35.2. The number of hydrogen-bond donors (Lipinski definition) is 2. The molecule has 0 rings (SSSR count). The van der Waals surface area contributed by atoms with Gasteiger partial charge in [0, 0.05) is 19.4 Å². The van der Waals surface area contributed by atoms with Gasteiger partial charge >= 0.3 is 19.8 Å². The summed E-state index contributed by atoms with van der Waals surface area (Å²) >= 11 is 0. The Morgan fingerprint density at radius 2 is 1.06 bits per heavy atom. The minimum Gasteiger partial charge on any atom is -0.462 e. The molecule has 0 aromatic rings. The van der Waals surface area contributed by atoms with Crippen LogP contribution in [0.1, 0.15) is 181 Å². The van der Waals surface area contributed by atoms with Gasteiger partial charge in [-0.15, -0.1) is 0 Å². The molecule has 3 N–H and O–H groups in total. The van der Waals surface area contributed by atoms with Gasteiger partial charge in [0.25, 0.3) is 0 Å². The number of phosphoric ester groups is 1. The van der Waals surface area contributed by atoms with Crippen molar-refractivity contribution in [2.24, 2.45) is 5.73 Å². The molecule has 0 aliphatic rings. The second-order valence-corrected chi connectivity index (χ2v) is 14.6. The summed E-state index contributed by atoms with van der Waals surface area (Å²) in [4.78, 5) is 34.7. The molecule has 0 aromatic heterocycles. The Balaban J connectivity index is 4.22.